The lowest BCUT2D eigenvalue weighted by molar-refractivity contribution is -0.138. The number of aliphatic carboxylic acids is 1. The van der Waals surface area contributed by atoms with Gasteiger partial charge in [-0.2, -0.15) is 0 Å². The Balaban J connectivity index is 2.78. The monoisotopic (exact) mass is 252 g/mol. The average molecular weight is 252 g/mol. The van der Waals surface area contributed by atoms with Crippen LogP contribution in [0, 0.1) is 0 Å². The Labute approximate surface area is 104 Å². The highest BCUT2D eigenvalue weighted by atomic mass is 16.4. The van der Waals surface area contributed by atoms with Crippen molar-refractivity contribution in [2.24, 2.45) is 5.73 Å². The van der Waals surface area contributed by atoms with E-state index in [0.29, 0.717) is 11.3 Å². The van der Waals surface area contributed by atoms with Gasteiger partial charge in [0.1, 0.15) is 0 Å². The molecule has 5 N–H and O–H groups in total. The number of carboxylic acid groups (broad SMARTS) is 1. The number of carbonyl (C=O) groups is 2. The van der Waals surface area contributed by atoms with E-state index < -0.39 is 30.4 Å². The van der Waals surface area contributed by atoms with Gasteiger partial charge < -0.3 is 21.3 Å². The van der Waals surface area contributed by atoms with Gasteiger partial charge >= 0.3 is 5.97 Å². The van der Waals surface area contributed by atoms with E-state index in [1.165, 1.54) is 0 Å². The van der Waals surface area contributed by atoms with Crippen molar-refractivity contribution in [3.8, 4) is 0 Å². The van der Waals surface area contributed by atoms with Crippen LogP contribution in [0.15, 0.2) is 24.3 Å². The minimum absolute atomic E-state index is 0.429. The van der Waals surface area contributed by atoms with Gasteiger partial charge in [0, 0.05) is 11.3 Å². The topological polar surface area (TPSA) is 113 Å². The average Bonchev–Trinajstić information content (AvgIpc) is 2.28. The molecule has 0 aliphatic heterocycles. The summed E-state index contributed by atoms with van der Waals surface area (Å²) in [5.74, 6) is -1.73. The number of hydrogen-bond donors (Lipinski definition) is 4. The first-order valence-corrected chi connectivity index (χ1v) is 5.47. The fourth-order valence-corrected chi connectivity index (χ4v) is 1.48. The Bertz CT molecular complexity index is 445. The van der Waals surface area contributed by atoms with Crippen molar-refractivity contribution >= 4 is 17.6 Å². The first-order chi connectivity index (χ1) is 8.41. The summed E-state index contributed by atoms with van der Waals surface area (Å²) in [6.07, 6.45) is -1.18. The number of anilines is 1. The third kappa shape index (κ3) is 3.83. The van der Waals surface area contributed by atoms with E-state index in [0.717, 1.165) is 0 Å². The zero-order valence-corrected chi connectivity index (χ0v) is 9.96. The van der Waals surface area contributed by atoms with Crippen molar-refractivity contribution in [1.82, 2.24) is 0 Å². The summed E-state index contributed by atoms with van der Waals surface area (Å²) in [6.45, 7) is 1.57. The SMILES string of the molecule is CC(O)c1ccccc1NC(=O)C(N)CC(=O)O. The van der Waals surface area contributed by atoms with E-state index >= 15 is 0 Å². The number of benzene rings is 1. The highest BCUT2D eigenvalue weighted by Gasteiger charge is 2.18. The predicted molar refractivity (Wildman–Crippen MR) is 65.9 cm³/mol. The molecule has 0 heterocycles. The minimum Gasteiger partial charge on any atom is -0.481 e. The number of carbonyl (C=O) groups excluding carboxylic acids is 1. The molecule has 2 unspecified atom stereocenters. The Kier molecular flexibility index (Phi) is 4.82. The fourth-order valence-electron chi connectivity index (χ4n) is 1.48. The maximum absolute atomic E-state index is 11.6. The molecule has 1 amide bonds. The van der Waals surface area contributed by atoms with Crippen molar-refractivity contribution in [2.45, 2.75) is 25.5 Å². The first-order valence-electron chi connectivity index (χ1n) is 5.47. The van der Waals surface area contributed by atoms with Crippen molar-refractivity contribution < 1.29 is 19.8 Å². The summed E-state index contributed by atoms with van der Waals surface area (Å²) in [7, 11) is 0. The number of nitrogens with two attached hydrogens (primary N) is 1. The van der Waals surface area contributed by atoms with Crippen molar-refractivity contribution in [3.05, 3.63) is 29.8 Å². The number of amides is 1. The second-order valence-electron chi connectivity index (χ2n) is 3.96. The molecule has 0 saturated heterocycles. The van der Waals surface area contributed by atoms with E-state index in [1.807, 2.05) is 0 Å². The highest BCUT2D eigenvalue weighted by Crippen LogP contribution is 2.22. The summed E-state index contributed by atoms with van der Waals surface area (Å²) in [5, 5.41) is 20.6. The summed E-state index contributed by atoms with van der Waals surface area (Å²) < 4.78 is 0. The molecule has 18 heavy (non-hydrogen) atoms. The molecule has 0 spiro atoms. The minimum atomic E-state index is -1.14. The molecule has 1 aromatic rings. The molecule has 0 aromatic heterocycles. The van der Waals surface area contributed by atoms with Gasteiger partial charge in [0.25, 0.3) is 0 Å². The number of rotatable bonds is 5. The molecule has 1 rings (SSSR count). The molecule has 0 fully saturated rings. The van der Waals surface area contributed by atoms with E-state index in [-0.39, 0.29) is 0 Å². The molecular weight excluding hydrogens is 236 g/mol. The molecule has 0 aliphatic rings. The summed E-state index contributed by atoms with van der Waals surface area (Å²) in [6, 6.07) is 5.60. The van der Waals surface area contributed by atoms with E-state index in [9.17, 15) is 14.7 Å². The van der Waals surface area contributed by atoms with Gasteiger partial charge in [0.05, 0.1) is 18.6 Å². The molecule has 0 aliphatic carbocycles. The van der Waals surface area contributed by atoms with Crippen LogP contribution in [-0.2, 0) is 9.59 Å². The van der Waals surface area contributed by atoms with Crippen LogP contribution in [0.3, 0.4) is 0 Å². The number of nitrogens with one attached hydrogen (secondary N) is 1. The summed E-state index contributed by atoms with van der Waals surface area (Å²) in [4.78, 5) is 22.1. The zero-order chi connectivity index (χ0) is 13.7. The van der Waals surface area contributed by atoms with Gasteiger partial charge in [-0.25, -0.2) is 0 Å². The predicted octanol–water partition coefficient (Wildman–Crippen LogP) is 0.480. The largest absolute Gasteiger partial charge is 0.481 e. The van der Waals surface area contributed by atoms with Crippen molar-refractivity contribution in [1.29, 1.82) is 0 Å². The van der Waals surface area contributed by atoms with Gasteiger partial charge in [0.2, 0.25) is 5.91 Å². The van der Waals surface area contributed by atoms with Gasteiger partial charge in [-0.1, -0.05) is 18.2 Å². The fraction of sp³-hybridized carbons (Fsp3) is 0.333. The molecule has 2 atom stereocenters. The van der Waals surface area contributed by atoms with Crippen LogP contribution in [0.2, 0.25) is 0 Å². The van der Waals surface area contributed by atoms with Crippen molar-refractivity contribution in [2.75, 3.05) is 5.32 Å². The number of aliphatic hydroxyl groups excluding tert-OH is 1. The normalized spacial score (nSPS) is 13.7. The van der Waals surface area contributed by atoms with E-state index in [1.54, 1.807) is 31.2 Å². The lowest BCUT2D eigenvalue weighted by atomic mass is 10.1. The maximum Gasteiger partial charge on any atom is 0.305 e. The Hall–Kier alpha value is -1.92. The quantitative estimate of drug-likeness (QED) is 0.609. The van der Waals surface area contributed by atoms with Gasteiger partial charge in [0.15, 0.2) is 0 Å². The van der Waals surface area contributed by atoms with Crippen LogP contribution in [0.1, 0.15) is 25.0 Å². The molecule has 6 heteroatoms. The van der Waals surface area contributed by atoms with E-state index in [2.05, 4.69) is 5.32 Å². The van der Waals surface area contributed by atoms with Gasteiger partial charge in [-0.15, -0.1) is 0 Å². The molecule has 1 aromatic carbocycles. The summed E-state index contributed by atoms with van der Waals surface area (Å²) in [5.41, 5.74) is 6.42. The van der Waals surface area contributed by atoms with Crippen LogP contribution in [0.4, 0.5) is 5.69 Å². The third-order valence-electron chi connectivity index (χ3n) is 2.40. The van der Waals surface area contributed by atoms with Crippen LogP contribution < -0.4 is 11.1 Å². The Morgan fingerprint density at radius 3 is 2.56 bits per heavy atom. The third-order valence-corrected chi connectivity index (χ3v) is 2.40. The van der Waals surface area contributed by atoms with Crippen molar-refractivity contribution in [3.63, 3.8) is 0 Å². The molecule has 0 bridgehead atoms. The van der Waals surface area contributed by atoms with Crippen LogP contribution >= 0.6 is 0 Å². The molecule has 6 nitrogen and oxygen atoms in total. The number of aliphatic hydroxyl groups is 1. The number of para-hydroxylation sites is 1. The molecule has 0 radical (unpaired) electrons. The lowest BCUT2D eigenvalue weighted by Gasteiger charge is -2.15. The number of hydrogen-bond acceptors (Lipinski definition) is 4. The second-order valence-corrected chi connectivity index (χ2v) is 3.96. The zero-order valence-electron chi connectivity index (χ0n) is 9.96. The molecular formula is C12H16N2O4. The Morgan fingerprint density at radius 2 is 2.00 bits per heavy atom. The van der Waals surface area contributed by atoms with Crippen LogP contribution in [0.25, 0.3) is 0 Å². The van der Waals surface area contributed by atoms with Crippen LogP contribution in [-0.4, -0.2) is 28.1 Å². The standard InChI is InChI=1S/C12H16N2O4/c1-7(15)8-4-2-3-5-10(8)14-12(18)9(13)6-11(16)17/h2-5,7,9,15H,6,13H2,1H3,(H,14,18)(H,16,17). The second kappa shape index (κ2) is 6.13. The first kappa shape index (κ1) is 14.1. The van der Waals surface area contributed by atoms with Gasteiger partial charge in [-0.05, 0) is 13.0 Å². The molecule has 98 valence electrons. The van der Waals surface area contributed by atoms with Gasteiger partial charge in [-0.3, -0.25) is 9.59 Å². The lowest BCUT2D eigenvalue weighted by Crippen LogP contribution is -2.37. The van der Waals surface area contributed by atoms with E-state index in [4.69, 9.17) is 10.8 Å². The number of carboxylic acids is 1. The Morgan fingerprint density at radius 1 is 1.39 bits per heavy atom. The molecule has 0 saturated carbocycles. The highest BCUT2D eigenvalue weighted by molar-refractivity contribution is 5.97. The van der Waals surface area contributed by atoms with Crippen LogP contribution in [0.5, 0.6) is 0 Å². The summed E-state index contributed by atoms with van der Waals surface area (Å²) >= 11 is 0. The maximum atomic E-state index is 11.6. The smallest absolute Gasteiger partial charge is 0.305 e.